The Morgan fingerprint density at radius 1 is 1.41 bits per heavy atom. The standard InChI is InChI=1S/C14H13ClO2/c15-11-6-3-10(4-7-11)5-8-12(16)14-9-1-2-13(14)17-14/h3-8,13H,1-2,9H2. The number of ketones is 1. The minimum absolute atomic E-state index is 0.106. The third kappa shape index (κ3) is 1.92. The number of epoxide rings is 1. The van der Waals surface area contributed by atoms with Crippen LogP contribution in [0, 0.1) is 0 Å². The van der Waals surface area contributed by atoms with Gasteiger partial charge in [0.2, 0.25) is 0 Å². The first-order chi connectivity index (χ1) is 8.21. The molecule has 3 rings (SSSR count). The first-order valence-corrected chi connectivity index (χ1v) is 6.24. The molecule has 0 spiro atoms. The number of hydrogen-bond acceptors (Lipinski definition) is 2. The molecule has 0 amide bonds. The second kappa shape index (κ2) is 3.97. The largest absolute Gasteiger partial charge is 0.357 e. The predicted octanol–water partition coefficient (Wildman–Crippen LogP) is 3.24. The van der Waals surface area contributed by atoms with E-state index < -0.39 is 5.60 Å². The third-order valence-electron chi connectivity index (χ3n) is 3.54. The SMILES string of the molecule is O=C(C=Cc1ccc(Cl)cc1)C12CCCC1O2. The highest BCUT2D eigenvalue weighted by Crippen LogP contribution is 2.50. The monoisotopic (exact) mass is 248 g/mol. The summed E-state index contributed by atoms with van der Waals surface area (Å²) < 4.78 is 5.49. The fourth-order valence-corrected chi connectivity index (χ4v) is 2.63. The van der Waals surface area contributed by atoms with E-state index in [1.165, 1.54) is 0 Å². The van der Waals surface area contributed by atoms with Crippen LogP contribution in [0.3, 0.4) is 0 Å². The molecule has 1 heterocycles. The van der Waals surface area contributed by atoms with Gasteiger partial charge in [0.25, 0.3) is 0 Å². The highest BCUT2D eigenvalue weighted by molar-refractivity contribution is 6.30. The Labute approximate surface area is 105 Å². The lowest BCUT2D eigenvalue weighted by Crippen LogP contribution is -2.21. The molecule has 2 atom stereocenters. The maximum atomic E-state index is 12.0. The Bertz CT molecular complexity index is 478. The molecular weight excluding hydrogens is 236 g/mol. The van der Waals surface area contributed by atoms with E-state index in [-0.39, 0.29) is 11.9 Å². The number of hydrogen-bond donors (Lipinski definition) is 0. The zero-order valence-electron chi connectivity index (χ0n) is 9.36. The van der Waals surface area contributed by atoms with E-state index in [1.807, 2.05) is 30.3 Å². The van der Waals surface area contributed by atoms with Gasteiger partial charge in [0.1, 0.15) is 0 Å². The van der Waals surface area contributed by atoms with Crippen LogP contribution < -0.4 is 0 Å². The van der Waals surface area contributed by atoms with Crippen molar-refractivity contribution in [2.45, 2.75) is 31.0 Å². The fraction of sp³-hybridized carbons (Fsp3) is 0.357. The maximum absolute atomic E-state index is 12.0. The van der Waals surface area contributed by atoms with Gasteiger partial charge in [-0.15, -0.1) is 0 Å². The zero-order valence-corrected chi connectivity index (χ0v) is 10.1. The van der Waals surface area contributed by atoms with Gasteiger partial charge in [0.15, 0.2) is 11.4 Å². The Balaban J connectivity index is 1.71. The van der Waals surface area contributed by atoms with E-state index >= 15 is 0 Å². The number of carbonyl (C=O) groups is 1. The number of halogens is 1. The Kier molecular flexibility index (Phi) is 2.57. The van der Waals surface area contributed by atoms with Crippen molar-refractivity contribution in [2.24, 2.45) is 0 Å². The Hall–Kier alpha value is -1.12. The molecule has 1 aromatic rings. The zero-order chi connectivity index (χ0) is 11.9. The van der Waals surface area contributed by atoms with Crippen molar-refractivity contribution in [1.29, 1.82) is 0 Å². The number of benzene rings is 1. The first-order valence-electron chi connectivity index (χ1n) is 5.87. The van der Waals surface area contributed by atoms with E-state index in [2.05, 4.69) is 0 Å². The molecule has 2 aliphatic rings. The summed E-state index contributed by atoms with van der Waals surface area (Å²) in [5.74, 6) is 0.106. The highest BCUT2D eigenvalue weighted by atomic mass is 35.5. The molecule has 0 N–H and O–H groups in total. The molecule has 2 unspecified atom stereocenters. The van der Waals surface area contributed by atoms with Gasteiger partial charge in [-0.3, -0.25) is 4.79 Å². The summed E-state index contributed by atoms with van der Waals surface area (Å²) in [4.78, 5) is 12.0. The fourth-order valence-electron chi connectivity index (χ4n) is 2.51. The summed E-state index contributed by atoms with van der Waals surface area (Å²) in [5, 5.41) is 0.702. The van der Waals surface area contributed by atoms with Gasteiger partial charge in [0.05, 0.1) is 6.10 Å². The molecule has 0 bridgehead atoms. The van der Waals surface area contributed by atoms with Crippen molar-refractivity contribution >= 4 is 23.5 Å². The van der Waals surface area contributed by atoms with E-state index in [9.17, 15) is 4.79 Å². The summed E-state index contributed by atoms with van der Waals surface area (Å²) >= 11 is 5.80. The first kappa shape index (κ1) is 11.0. The molecule has 2 nitrogen and oxygen atoms in total. The van der Waals surface area contributed by atoms with Crippen molar-refractivity contribution in [2.75, 3.05) is 0 Å². The second-order valence-corrected chi connectivity index (χ2v) is 5.07. The van der Waals surface area contributed by atoms with Gasteiger partial charge in [0, 0.05) is 5.02 Å². The van der Waals surface area contributed by atoms with Crippen LogP contribution in [0.15, 0.2) is 30.3 Å². The molecule has 1 saturated carbocycles. The molecule has 2 fully saturated rings. The summed E-state index contributed by atoms with van der Waals surface area (Å²) in [6, 6.07) is 7.42. The van der Waals surface area contributed by atoms with Gasteiger partial charge in [-0.2, -0.15) is 0 Å². The van der Waals surface area contributed by atoms with E-state index in [4.69, 9.17) is 16.3 Å². The molecule has 0 radical (unpaired) electrons. The molecule has 88 valence electrons. The average molecular weight is 249 g/mol. The predicted molar refractivity (Wildman–Crippen MR) is 66.9 cm³/mol. The topological polar surface area (TPSA) is 29.6 Å². The number of ether oxygens (including phenoxy) is 1. The minimum Gasteiger partial charge on any atom is -0.357 e. The second-order valence-electron chi connectivity index (χ2n) is 4.64. The van der Waals surface area contributed by atoms with Crippen LogP contribution in [-0.2, 0) is 9.53 Å². The smallest absolute Gasteiger partial charge is 0.190 e. The number of fused-ring (bicyclic) bond motifs is 1. The van der Waals surface area contributed by atoms with Crippen molar-refractivity contribution in [3.63, 3.8) is 0 Å². The lowest BCUT2D eigenvalue weighted by molar-refractivity contribution is -0.119. The maximum Gasteiger partial charge on any atom is 0.190 e. The normalized spacial score (nSPS) is 30.5. The van der Waals surface area contributed by atoms with Crippen LogP contribution in [-0.4, -0.2) is 17.5 Å². The quantitative estimate of drug-likeness (QED) is 0.607. The van der Waals surface area contributed by atoms with Crippen molar-refractivity contribution in [3.05, 3.63) is 40.9 Å². The molecular formula is C14H13ClO2. The lowest BCUT2D eigenvalue weighted by atomic mass is 10.0. The Morgan fingerprint density at radius 2 is 2.18 bits per heavy atom. The van der Waals surface area contributed by atoms with Gasteiger partial charge < -0.3 is 4.74 Å². The van der Waals surface area contributed by atoms with Crippen molar-refractivity contribution in [3.8, 4) is 0 Å². The summed E-state index contributed by atoms with van der Waals surface area (Å²) in [6.07, 6.45) is 6.65. The highest BCUT2D eigenvalue weighted by Gasteiger charge is 2.63. The van der Waals surface area contributed by atoms with Gasteiger partial charge in [-0.05, 0) is 43.0 Å². The average Bonchev–Trinajstić information content (AvgIpc) is 2.91. The third-order valence-corrected chi connectivity index (χ3v) is 3.80. The lowest BCUT2D eigenvalue weighted by Gasteiger charge is -2.02. The minimum atomic E-state index is -0.455. The molecule has 0 aromatic heterocycles. The van der Waals surface area contributed by atoms with Crippen LogP contribution in [0.1, 0.15) is 24.8 Å². The summed E-state index contributed by atoms with van der Waals surface area (Å²) in [5.41, 5.74) is 0.525. The van der Waals surface area contributed by atoms with Crippen molar-refractivity contribution < 1.29 is 9.53 Å². The van der Waals surface area contributed by atoms with Gasteiger partial charge in [-0.25, -0.2) is 0 Å². The summed E-state index contributed by atoms with van der Waals surface area (Å²) in [6.45, 7) is 0. The molecule has 17 heavy (non-hydrogen) atoms. The van der Waals surface area contributed by atoms with Gasteiger partial charge >= 0.3 is 0 Å². The van der Waals surface area contributed by atoms with Crippen LogP contribution in [0.4, 0.5) is 0 Å². The van der Waals surface area contributed by atoms with Crippen LogP contribution in [0.2, 0.25) is 5.02 Å². The van der Waals surface area contributed by atoms with Crippen LogP contribution >= 0.6 is 11.6 Å². The van der Waals surface area contributed by atoms with E-state index in [0.29, 0.717) is 5.02 Å². The Morgan fingerprint density at radius 3 is 2.76 bits per heavy atom. The number of rotatable bonds is 3. The summed E-state index contributed by atoms with van der Waals surface area (Å²) in [7, 11) is 0. The molecule has 1 saturated heterocycles. The van der Waals surface area contributed by atoms with Crippen LogP contribution in [0.25, 0.3) is 6.08 Å². The van der Waals surface area contributed by atoms with E-state index in [0.717, 1.165) is 24.8 Å². The van der Waals surface area contributed by atoms with Gasteiger partial charge in [-0.1, -0.05) is 29.8 Å². The van der Waals surface area contributed by atoms with Crippen LogP contribution in [0.5, 0.6) is 0 Å². The number of carbonyl (C=O) groups excluding carboxylic acids is 1. The molecule has 1 aliphatic heterocycles. The molecule has 1 aromatic carbocycles. The van der Waals surface area contributed by atoms with Crippen molar-refractivity contribution in [1.82, 2.24) is 0 Å². The van der Waals surface area contributed by atoms with E-state index in [1.54, 1.807) is 6.08 Å². The molecule has 3 heteroatoms. The molecule has 1 aliphatic carbocycles.